The fraction of sp³-hybridized carbons (Fsp3) is 0.647. The van der Waals surface area contributed by atoms with Gasteiger partial charge in [0.25, 0.3) is 0 Å². The number of hydrogen-bond acceptors (Lipinski definition) is 2. The average molecular weight is 263 g/mol. The fourth-order valence-corrected chi connectivity index (χ4v) is 2.73. The topological polar surface area (TPSA) is 23.5 Å². The van der Waals surface area contributed by atoms with Gasteiger partial charge < -0.3 is 5.11 Å². The Labute approximate surface area is 118 Å². The van der Waals surface area contributed by atoms with E-state index in [9.17, 15) is 5.11 Å². The summed E-state index contributed by atoms with van der Waals surface area (Å²) in [5.74, 6) is 0. The zero-order chi connectivity index (χ0) is 14.6. The third kappa shape index (κ3) is 3.80. The molecule has 1 atom stereocenters. The minimum absolute atomic E-state index is 0.195. The molecule has 0 saturated carbocycles. The molecule has 1 aromatic rings. The number of nitrogens with zero attached hydrogens (tertiary/aromatic N) is 1. The summed E-state index contributed by atoms with van der Waals surface area (Å²) in [4.78, 5) is 2.32. The lowest BCUT2D eigenvalue weighted by molar-refractivity contribution is -0.00422. The van der Waals surface area contributed by atoms with Gasteiger partial charge >= 0.3 is 0 Å². The predicted octanol–water partition coefficient (Wildman–Crippen LogP) is 3.33. The summed E-state index contributed by atoms with van der Waals surface area (Å²) in [6, 6.07) is 6.46. The van der Waals surface area contributed by atoms with Crippen LogP contribution in [0.3, 0.4) is 0 Å². The smallest absolute Gasteiger partial charge is 0.0758 e. The maximum Gasteiger partial charge on any atom is 0.0758 e. The van der Waals surface area contributed by atoms with Gasteiger partial charge in [0.05, 0.1) is 6.10 Å². The first kappa shape index (κ1) is 16.2. The highest BCUT2D eigenvalue weighted by Crippen LogP contribution is 2.23. The van der Waals surface area contributed by atoms with Gasteiger partial charge in [-0.1, -0.05) is 37.6 Å². The molecule has 0 radical (unpaired) electrons. The molecule has 0 amide bonds. The maximum atomic E-state index is 10.6. The van der Waals surface area contributed by atoms with Crippen molar-refractivity contribution in [1.82, 2.24) is 4.90 Å². The van der Waals surface area contributed by atoms with Crippen LogP contribution in [0.5, 0.6) is 0 Å². The Morgan fingerprint density at radius 1 is 1.16 bits per heavy atom. The van der Waals surface area contributed by atoms with Gasteiger partial charge in [-0.05, 0) is 51.9 Å². The van der Waals surface area contributed by atoms with Crippen LogP contribution in [0.15, 0.2) is 18.2 Å². The van der Waals surface area contributed by atoms with Gasteiger partial charge in [-0.25, -0.2) is 0 Å². The minimum atomic E-state index is -0.354. The number of aryl methyl sites for hydroxylation is 2. The van der Waals surface area contributed by atoms with Crippen LogP contribution in [0.4, 0.5) is 0 Å². The molecule has 0 heterocycles. The van der Waals surface area contributed by atoms with E-state index in [2.05, 4.69) is 64.6 Å². The molecule has 108 valence electrons. The van der Waals surface area contributed by atoms with E-state index in [-0.39, 0.29) is 11.6 Å². The normalized spacial score (nSPS) is 13.9. The molecule has 0 fully saturated rings. The lowest BCUT2D eigenvalue weighted by atomic mass is 9.88. The molecule has 1 rings (SSSR count). The second-order valence-electron chi connectivity index (χ2n) is 5.98. The molecule has 1 aromatic carbocycles. The molecule has 0 aliphatic rings. The second-order valence-corrected chi connectivity index (χ2v) is 5.98. The van der Waals surface area contributed by atoms with Crippen LogP contribution in [0, 0.1) is 13.8 Å². The lowest BCUT2D eigenvalue weighted by Crippen LogP contribution is -2.53. The van der Waals surface area contributed by atoms with Crippen LogP contribution >= 0.6 is 0 Å². The van der Waals surface area contributed by atoms with E-state index in [0.29, 0.717) is 0 Å². The Morgan fingerprint density at radius 2 is 1.74 bits per heavy atom. The first-order valence-corrected chi connectivity index (χ1v) is 7.32. The van der Waals surface area contributed by atoms with Crippen molar-refractivity contribution < 1.29 is 5.11 Å². The van der Waals surface area contributed by atoms with E-state index >= 15 is 0 Å². The summed E-state index contributed by atoms with van der Waals surface area (Å²) in [5, 5.41) is 10.6. The Bertz CT molecular complexity index is 408. The van der Waals surface area contributed by atoms with E-state index in [4.69, 9.17) is 0 Å². The molecule has 0 aliphatic heterocycles. The van der Waals surface area contributed by atoms with Crippen molar-refractivity contribution in [2.45, 2.75) is 59.6 Å². The van der Waals surface area contributed by atoms with Gasteiger partial charge in [-0.15, -0.1) is 0 Å². The first-order chi connectivity index (χ1) is 8.82. The quantitative estimate of drug-likeness (QED) is 0.851. The van der Waals surface area contributed by atoms with Crippen molar-refractivity contribution in [1.29, 1.82) is 0 Å². The molecular formula is C17H29NO. The number of benzene rings is 1. The summed E-state index contributed by atoms with van der Waals surface area (Å²) < 4.78 is 0. The number of rotatable bonds is 6. The van der Waals surface area contributed by atoms with Gasteiger partial charge in [0.1, 0.15) is 0 Å². The predicted molar refractivity (Wildman–Crippen MR) is 82.6 cm³/mol. The van der Waals surface area contributed by atoms with Gasteiger partial charge in [-0.2, -0.15) is 0 Å². The number of likely N-dealkylation sites (N-methyl/N-ethyl adjacent to an activating group) is 1. The van der Waals surface area contributed by atoms with E-state index in [1.165, 1.54) is 16.7 Å². The van der Waals surface area contributed by atoms with Crippen LogP contribution in [0.25, 0.3) is 0 Å². The van der Waals surface area contributed by atoms with Crippen LogP contribution < -0.4 is 0 Å². The van der Waals surface area contributed by atoms with Gasteiger partial charge in [-0.3, -0.25) is 4.90 Å². The van der Waals surface area contributed by atoms with Crippen LogP contribution in [0.2, 0.25) is 0 Å². The fourth-order valence-electron chi connectivity index (χ4n) is 2.73. The van der Waals surface area contributed by atoms with Crippen LogP contribution in [-0.4, -0.2) is 34.7 Å². The van der Waals surface area contributed by atoms with E-state index in [1.807, 2.05) is 0 Å². The van der Waals surface area contributed by atoms with Crippen molar-refractivity contribution in [3.05, 3.63) is 34.9 Å². The molecule has 1 N–H and O–H groups in total. The third-order valence-corrected chi connectivity index (χ3v) is 4.31. The van der Waals surface area contributed by atoms with E-state index < -0.39 is 0 Å². The van der Waals surface area contributed by atoms with Crippen molar-refractivity contribution in [3.63, 3.8) is 0 Å². The number of aliphatic hydroxyl groups is 1. The minimum Gasteiger partial charge on any atom is -0.391 e. The summed E-state index contributed by atoms with van der Waals surface area (Å²) in [5.41, 5.74) is 3.58. The van der Waals surface area contributed by atoms with E-state index in [0.717, 1.165) is 19.5 Å². The van der Waals surface area contributed by atoms with Crippen molar-refractivity contribution >= 4 is 0 Å². The molecule has 0 aliphatic carbocycles. The lowest BCUT2D eigenvalue weighted by Gasteiger charge is -2.41. The van der Waals surface area contributed by atoms with Gasteiger partial charge in [0, 0.05) is 12.0 Å². The molecule has 0 aromatic heterocycles. The summed E-state index contributed by atoms with van der Waals surface area (Å²) in [7, 11) is 0. The summed E-state index contributed by atoms with van der Waals surface area (Å²) in [6.45, 7) is 14.7. The first-order valence-electron chi connectivity index (χ1n) is 7.32. The van der Waals surface area contributed by atoms with Crippen molar-refractivity contribution in [2.75, 3.05) is 13.1 Å². The Balaban J connectivity index is 2.89. The highest BCUT2D eigenvalue weighted by molar-refractivity contribution is 5.31. The van der Waals surface area contributed by atoms with Crippen LogP contribution in [-0.2, 0) is 6.42 Å². The molecule has 1 unspecified atom stereocenters. The maximum absolute atomic E-state index is 10.6. The molecule has 19 heavy (non-hydrogen) atoms. The highest BCUT2D eigenvalue weighted by Gasteiger charge is 2.32. The second kappa shape index (κ2) is 6.53. The Morgan fingerprint density at radius 3 is 2.26 bits per heavy atom. The van der Waals surface area contributed by atoms with Gasteiger partial charge in [0.15, 0.2) is 0 Å². The summed E-state index contributed by atoms with van der Waals surface area (Å²) >= 11 is 0. The van der Waals surface area contributed by atoms with Crippen LogP contribution in [0.1, 0.15) is 44.4 Å². The molecular weight excluding hydrogens is 234 g/mol. The molecule has 2 nitrogen and oxygen atoms in total. The van der Waals surface area contributed by atoms with E-state index in [1.54, 1.807) is 0 Å². The molecule has 2 heteroatoms. The Kier molecular flexibility index (Phi) is 5.57. The summed E-state index contributed by atoms with van der Waals surface area (Å²) in [6.07, 6.45) is 0.365. The van der Waals surface area contributed by atoms with Gasteiger partial charge in [0.2, 0.25) is 0 Å². The third-order valence-electron chi connectivity index (χ3n) is 4.31. The zero-order valence-electron chi connectivity index (χ0n) is 13.3. The Hall–Kier alpha value is -0.860. The van der Waals surface area contributed by atoms with Crippen molar-refractivity contribution in [2.24, 2.45) is 0 Å². The average Bonchev–Trinajstić information content (AvgIpc) is 2.35. The zero-order valence-corrected chi connectivity index (χ0v) is 13.3. The monoisotopic (exact) mass is 263 g/mol. The molecule has 0 bridgehead atoms. The standard InChI is InChI=1S/C17H29NO/c1-7-18(8-2)17(5,6)16(19)12-15-11-13(3)9-10-14(15)4/h9-11,16,19H,7-8,12H2,1-6H3. The largest absolute Gasteiger partial charge is 0.391 e. The molecule has 0 saturated heterocycles. The SMILES string of the molecule is CCN(CC)C(C)(C)C(O)Cc1cc(C)ccc1C. The number of hydrogen-bond donors (Lipinski definition) is 1. The highest BCUT2D eigenvalue weighted by atomic mass is 16.3. The van der Waals surface area contributed by atoms with Crippen molar-refractivity contribution in [3.8, 4) is 0 Å². The number of aliphatic hydroxyl groups excluding tert-OH is 1. The molecule has 0 spiro atoms.